The van der Waals surface area contributed by atoms with E-state index in [0.717, 1.165) is 28.8 Å². The van der Waals surface area contributed by atoms with Crippen LogP contribution in [0, 0.1) is 35.4 Å². The molecule has 3 heterocycles. The first-order valence-corrected chi connectivity index (χ1v) is 21.8. The third-order valence-electron chi connectivity index (χ3n) is 11.0. The molecular weight excluding hydrogens is 864 g/mol. The maximum Gasteiger partial charge on any atom is 0.419 e. The van der Waals surface area contributed by atoms with Gasteiger partial charge in [-0.15, -0.1) is 5.92 Å². The van der Waals surface area contributed by atoms with Crippen LogP contribution in [0.4, 0.5) is 17.6 Å². The molecule has 1 aromatic heterocycles. The van der Waals surface area contributed by atoms with Gasteiger partial charge in [0.15, 0.2) is 11.5 Å². The van der Waals surface area contributed by atoms with Gasteiger partial charge in [-0.05, 0) is 77.7 Å². The van der Waals surface area contributed by atoms with Crippen molar-refractivity contribution in [3.8, 4) is 46.7 Å². The van der Waals surface area contributed by atoms with E-state index in [1.165, 1.54) is 6.07 Å². The van der Waals surface area contributed by atoms with E-state index in [9.17, 15) is 27.5 Å². The van der Waals surface area contributed by atoms with Gasteiger partial charge in [-0.3, -0.25) is 9.48 Å². The molecule has 1 amide bonds. The molecule has 10 nitrogen and oxygen atoms in total. The van der Waals surface area contributed by atoms with Crippen LogP contribution >= 0.6 is 11.6 Å². The van der Waals surface area contributed by atoms with Gasteiger partial charge < -0.3 is 34.3 Å². The Hall–Kier alpha value is -6.19. The van der Waals surface area contributed by atoms with Crippen LogP contribution in [-0.2, 0) is 30.7 Å². The molecule has 0 unspecified atom stereocenters. The lowest BCUT2D eigenvalue weighted by Crippen LogP contribution is -2.52. The van der Waals surface area contributed by atoms with Gasteiger partial charge >= 0.3 is 6.18 Å². The van der Waals surface area contributed by atoms with Crippen LogP contribution in [0.5, 0.6) is 23.0 Å². The van der Waals surface area contributed by atoms with Crippen molar-refractivity contribution in [2.24, 2.45) is 5.92 Å². The zero-order valence-electron chi connectivity index (χ0n) is 36.0. The monoisotopic (exact) mass is 912 g/mol. The van der Waals surface area contributed by atoms with Crippen molar-refractivity contribution in [3.05, 3.63) is 135 Å². The minimum absolute atomic E-state index is 0.0829. The van der Waals surface area contributed by atoms with Crippen LogP contribution in [0.3, 0.4) is 0 Å². The summed E-state index contributed by atoms with van der Waals surface area (Å²) in [5.41, 5.74) is 1.97. The second-order valence-electron chi connectivity index (χ2n) is 16.1. The number of likely N-dealkylation sites (tertiary alicyclic amines) is 1. The van der Waals surface area contributed by atoms with Crippen LogP contribution in [-0.4, -0.2) is 64.3 Å². The maximum atomic E-state index is 13.7. The highest BCUT2D eigenvalue weighted by Gasteiger charge is 2.46. The number of carbonyl (C=O) groups is 1. The van der Waals surface area contributed by atoms with Crippen LogP contribution < -0.4 is 24.3 Å². The molecule has 65 heavy (non-hydrogen) atoms. The van der Waals surface area contributed by atoms with E-state index in [-0.39, 0.29) is 36.5 Å². The van der Waals surface area contributed by atoms with Gasteiger partial charge in [0, 0.05) is 74.2 Å². The van der Waals surface area contributed by atoms with Crippen molar-refractivity contribution in [2.75, 3.05) is 32.8 Å². The first-order valence-electron chi connectivity index (χ1n) is 21.4. The number of aliphatic hydroxyl groups excluding tert-OH is 1. The number of carbonyl (C=O) groups excluding carboxylic acids is 1. The van der Waals surface area contributed by atoms with E-state index < -0.39 is 23.3 Å². The number of fused-ring (bicyclic) bond motifs is 1. The summed E-state index contributed by atoms with van der Waals surface area (Å²) < 4.78 is 79.5. The number of benzene rings is 4. The average Bonchev–Trinajstić information content (AvgIpc) is 3.89. The molecule has 1 spiro atoms. The summed E-state index contributed by atoms with van der Waals surface area (Å²) in [6.45, 7) is 6.40. The molecule has 15 heteroatoms. The molecule has 0 bridgehead atoms. The number of hydrogen-bond donors (Lipinski definition) is 2. The molecular formula is C50H49ClF4N4O6. The van der Waals surface area contributed by atoms with E-state index >= 15 is 0 Å². The Morgan fingerprint density at radius 1 is 0.938 bits per heavy atom. The summed E-state index contributed by atoms with van der Waals surface area (Å²) in [5.74, 6) is 12.7. The summed E-state index contributed by atoms with van der Waals surface area (Å²) >= 11 is 6.10. The first kappa shape index (κ1) is 46.8. The largest absolute Gasteiger partial charge is 0.493 e. The quantitative estimate of drug-likeness (QED) is 0.0609. The molecule has 0 aliphatic carbocycles. The minimum atomic E-state index is -4.82. The smallest absolute Gasteiger partial charge is 0.419 e. The van der Waals surface area contributed by atoms with Crippen molar-refractivity contribution in [3.63, 3.8) is 0 Å². The van der Waals surface area contributed by atoms with Gasteiger partial charge in [-0.25, -0.2) is 4.39 Å². The van der Waals surface area contributed by atoms with Crippen molar-refractivity contribution < 1.29 is 46.4 Å². The third kappa shape index (κ3) is 12.3. The molecule has 1 atom stereocenters. The fourth-order valence-electron chi connectivity index (χ4n) is 7.65. The highest BCUT2D eigenvalue weighted by atomic mass is 35.5. The zero-order chi connectivity index (χ0) is 46.0. The number of nitrogens with one attached hydrogen (secondary N) is 1. The van der Waals surface area contributed by atoms with Gasteiger partial charge in [-0.2, -0.15) is 18.3 Å². The van der Waals surface area contributed by atoms with Gasteiger partial charge in [0.25, 0.3) is 5.79 Å². The Kier molecular flexibility index (Phi) is 15.3. The average molecular weight is 913 g/mol. The molecule has 2 aliphatic rings. The molecule has 1 saturated heterocycles. The lowest BCUT2D eigenvalue weighted by molar-refractivity contribution is -0.148. The molecule has 7 rings (SSSR count). The highest BCUT2D eigenvalue weighted by molar-refractivity contribution is 6.30. The number of nitrogens with zero attached hydrogens (tertiary/aromatic N) is 3. The minimum Gasteiger partial charge on any atom is -0.493 e. The summed E-state index contributed by atoms with van der Waals surface area (Å²) in [4.78, 5) is 15.6. The molecule has 5 aromatic rings. The molecule has 340 valence electrons. The number of aryl methyl sites for hydroxylation is 1. The second kappa shape index (κ2) is 21.2. The number of aliphatic hydroxyl groups is 1. The van der Waals surface area contributed by atoms with Gasteiger partial charge in [0.05, 0.1) is 43.0 Å². The molecule has 0 saturated carbocycles. The van der Waals surface area contributed by atoms with Crippen LogP contribution in [0.15, 0.2) is 91.3 Å². The van der Waals surface area contributed by atoms with Crippen LogP contribution in [0.1, 0.15) is 78.8 Å². The maximum absolute atomic E-state index is 13.7. The van der Waals surface area contributed by atoms with Crippen molar-refractivity contribution in [1.29, 1.82) is 0 Å². The predicted octanol–water partition coefficient (Wildman–Crippen LogP) is 9.15. The number of amides is 1. The summed E-state index contributed by atoms with van der Waals surface area (Å²) in [6.07, 6.45) is 0.875. The molecule has 1 fully saturated rings. The Balaban J connectivity index is 0.849. The Morgan fingerprint density at radius 2 is 1.69 bits per heavy atom. The van der Waals surface area contributed by atoms with Crippen LogP contribution in [0.25, 0.3) is 0 Å². The molecule has 2 N–H and O–H groups in total. The number of alkyl halides is 3. The number of hydrogen-bond acceptors (Lipinski definition) is 8. The van der Waals surface area contributed by atoms with E-state index in [0.29, 0.717) is 98.6 Å². The first-order chi connectivity index (χ1) is 31.3. The summed E-state index contributed by atoms with van der Waals surface area (Å²) in [5, 5.41) is 17.3. The summed E-state index contributed by atoms with van der Waals surface area (Å²) in [7, 11) is 0. The highest BCUT2D eigenvalue weighted by Crippen LogP contribution is 2.44. The van der Waals surface area contributed by atoms with Gasteiger partial charge in [0.2, 0.25) is 5.91 Å². The standard InChI is InChI=1S/C50H49ClF4N4O6/c1-34(2)47(38-11-13-40(51)14-12-38)48(61)58-23-19-49(20-24-58)64-45-17-10-35(28-46(45)65-49)7-8-37-30-57-59(32-37)22-5-3-4-6-26-62-41-15-18-44(39(29-41)31-56-21-25-60)63-33-36-9-16-43(52)42(27-36)50(53,54)55/h9-18,27-30,32,34,47,56,60H,5-6,19-26,31,33H2,1-2H3/t47-/m0/s1. The third-order valence-corrected chi connectivity index (χ3v) is 11.2. The second-order valence-corrected chi connectivity index (χ2v) is 16.5. The fraction of sp³-hybridized carbons (Fsp3) is 0.360. The molecule has 0 radical (unpaired) electrons. The number of halogens is 5. The lowest BCUT2D eigenvalue weighted by atomic mass is 9.86. The summed E-state index contributed by atoms with van der Waals surface area (Å²) in [6, 6.07) is 21.0. The number of piperidine rings is 1. The number of ether oxygens (including phenoxy) is 4. The SMILES string of the molecule is CC(C)[C@H](C(=O)N1CCC2(CC1)Oc1ccc(C#Cc3cnn(CCC#CCCOc4ccc(OCc5ccc(F)c(C(F)(F)F)c5)c(CNCCO)c4)c3)cc1O2)c1ccc(Cl)cc1. The Bertz CT molecular complexity index is 2570. The van der Waals surface area contributed by atoms with E-state index in [4.69, 9.17) is 30.5 Å². The van der Waals surface area contributed by atoms with Crippen LogP contribution in [0.2, 0.25) is 5.02 Å². The number of aromatic nitrogens is 2. The molecule has 2 aliphatic heterocycles. The van der Waals surface area contributed by atoms with Gasteiger partial charge in [-0.1, -0.05) is 61.4 Å². The molecule has 4 aromatic carbocycles. The van der Waals surface area contributed by atoms with E-state index in [2.05, 4.69) is 47.9 Å². The predicted molar refractivity (Wildman–Crippen MR) is 237 cm³/mol. The van der Waals surface area contributed by atoms with Crippen molar-refractivity contribution in [2.45, 2.75) is 77.1 Å². The zero-order valence-corrected chi connectivity index (χ0v) is 36.8. The van der Waals surface area contributed by atoms with E-state index in [1.54, 1.807) is 29.1 Å². The normalized spacial score (nSPS) is 14.4. The fourth-order valence-corrected chi connectivity index (χ4v) is 7.78. The Morgan fingerprint density at radius 3 is 2.45 bits per heavy atom. The topological polar surface area (TPSA) is 107 Å². The lowest BCUT2D eigenvalue weighted by Gasteiger charge is -2.39. The Labute approximate surface area is 380 Å². The van der Waals surface area contributed by atoms with Crippen molar-refractivity contribution in [1.82, 2.24) is 20.0 Å². The van der Waals surface area contributed by atoms with E-state index in [1.807, 2.05) is 53.6 Å². The number of rotatable bonds is 15. The van der Waals surface area contributed by atoms with Gasteiger partial charge in [0.1, 0.15) is 23.9 Å². The van der Waals surface area contributed by atoms with Crippen molar-refractivity contribution >= 4 is 17.5 Å².